The standard InChI is InChI=1S/C11H14O3S/c1-2-3-6-14-11(13)8-9(12)10-5-4-7-15-10/h4-5,7H,2-3,6,8H2,1H3. The summed E-state index contributed by atoms with van der Waals surface area (Å²) < 4.78 is 4.90. The number of esters is 1. The molecule has 0 N–H and O–H groups in total. The molecule has 1 heterocycles. The van der Waals surface area contributed by atoms with E-state index in [1.54, 1.807) is 12.1 Å². The summed E-state index contributed by atoms with van der Waals surface area (Å²) >= 11 is 1.34. The largest absolute Gasteiger partial charge is 0.465 e. The summed E-state index contributed by atoms with van der Waals surface area (Å²) in [6.45, 7) is 2.43. The van der Waals surface area contributed by atoms with Gasteiger partial charge in [0.15, 0.2) is 5.78 Å². The minimum absolute atomic E-state index is 0.149. The summed E-state index contributed by atoms with van der Waals surface area (Å²) in [6.07, 6.45) is 1.68. The van der Waals surface area contributed by atoms with Gasteiger partial charge in [0.05, 0.1) is 11.5 Å². The zero-order chi connectivity index (χ0) is 11.1. The van der Waals surface area contributed by atoms with Crippen molar-refractivity contribution in [1.29, 1.82) is 0 Å². The first-order valence-electron chi connectivity index (χ1n) is 4.96. The molecule has 0 unspecified atom stereocenters. The Balaban J connectivity index is 2.29. The zero-order valence-corrected chi connectivity index (χ0v) is 9.51. The van der Waals surface area contributed by atoms with Crippen LogP contribution in [0.3, 0.4) is 0 Å². The van der Waals surface area contributed by atoms with E-state index in [1.165, 1.54) is 11.3 Å². The van der Waals surface area contributed by atoms with Gasteiger partial charge in [-0.05, 0) is 17.9 Å². The fourth-order valence-corrected chi connectivity index (χ4v) is 1.70. The molecule has 0 saturated carbocycles. The van der Waals surface area contributed by atoms with Gasteiger partial charge >= 0.3 is 5.97 Å². The molecule has 0 amide bonds. The Morgan fingerprint density at radius 1 is 1.47 bits per heavy atom. The first-order chi connectivity index (χ1) is 7.24. The molecule has 0 bridgehead atoms. The summed E-state index contributed by atoms with van der Waals surface area (Å²) in [5.41, 5.74) is 0. The molecular weight excluding hydrogens is 212 g/mol. The third-order valence-electron chi connectivity index (χ3n) is 1.86. The fourth-order valence-electron chi connectivity index (χ4n) is 1.04. The lowest BCUT2D eigenvalue weighted by Gasteiger charge is -2.01. The molecule has 0 radical (unpaired) electrons. The van der Waals surface area contributed by atoms with Crippen molar-refractivity contribution in [2.45, 2.75) is 26.2 Å². The van der Waals surface area contributed by atoms with E-state index in [1.807, 2.05) is 12.3 Å². The van der Waals surface area contributed by atoms with Gasteiger partial charge in [-0.15, -0.1) is 11.3 Å². The number of carbonyl (C=O) groups excluding carboxylic acids is 2. The highest BCUT2D eigenvalue weighted by Crippen LogP contribution is 2.11. The fraction of sp³-hybridized carbons (Fsp3) is 0.455. The van der Waals surface area contributed by atoms with E-state index >= 15 is 0 Å². The Labute approximate surface area is 93.1 Å². The van der Waals surface area contributed by atoms with Crippen molar-refractivity contribution in [3.8, 4) is 0 Å². The van der Waals surface area contributed by atoms with Crippen LogP contribution in [0.15, 0.2) is 17.5 Å². The first kappa shape index (κ1) is 11.9. The van der Waals surface area contributed by atoms with Crippen molar-refractivity contribution in [3.63, 3.8) is 0 Å². The predicted molar refractivity (Wildman–Crippen MR) is 59.1 cm³/mol. The number of hydrogen-bond donors (Lipinski definition) is 0. The summed E-state index contributed by atoms with van der Waals surface area (Å²) in [4.78, 5) is 23.3. The quantitative estimate of drug-likeness (QED) is 0.324. The molecule has 0 atom stereocenters. The number of ether oxygens (including phenoxy) is 1. The third-order valence-corrected chi connectivity index (χ3v) is 2.77. The molecule has 3 nitrogen and oxygen atoms in total. The molecule has 1 aromatic rings. The molecule has 82 valence electrons. The van der Waals surface area contributed by atoms with Gasteiger partial charge in [-0.3, -0.25) is 9.59 Å². The SMILES string of the molecule is CCCCOC(=O)CC(=O)c1cccs1. The number of thiophene rings is 1. The van der Waals surface area contributed by atoms with Gasteiger partial charge in [0.1, 0.15) is 6.42 Å². The van der Waals surface area contributed by atoms with E-state index in [0.717, 1.165) is 12.8 Å². The second-order valence-electron chi connectivity index (χ2n) is 3.15. The van der Waals surface area contributed by atoms with Gasteiger partial charge in [0.2, 0.25) is 0 Å². The number of hydrogen-bond acceptors (Lipinski definition) is 4. The molecule has 1 aromatic heterocycles. The molecule has 0 aliphatic rings. The number of unbranched alkanes of at least 4 members (excludes halogenated alkanes) is 1. The molecule has 0 aliphatic carbocycles. The highest BCUT2D eigenvalue weighted by Gasteiger charge is 2.13. The molecule has 15 heavy (non-hydrogen) atoms. The van der Waals surface area contributed by atoms with Crippen LogP contribution in [-0.2, 0) is 9.53 Å². The van der Waals surface area contributed by atoms with Crippen LogP contribution in [0.2, 0.25) is 0 Å². The average molecular weight is 226 g/mol. The molecule has 0 saturated heterocycles. The highest BCUT2D eigenvalue weighted by molar-refractivity contribution is 7.12. The van der Waals surface area contributed by atoms with Crippen LogP contribution in [-0.4, -0.2) is 18.4 Å². The van der Waals surface area contributed by atoms with Crippen molar-refractivity contribution >= 4 is 23.1 Å². The van der Waals surface area contributed by atoms with Crippen molar-refractivity contribution in [2.75, 3.05) is 6.61 Å². The Morgan fingerprint density at radius 2 is 2.27 bits per heavy atom. The van der Waals surface area contributed by atoms with Gasteiger partial charge in [-0.2, -0.15) is 0 Å². The predicted octanol–water partition coefficient (Wildman–Crippen LogP) is 2.66. The normalized spacial score (nSPS) is 9.93. The van der Waals surface area contributed by atoms with Crippen LogP contribution in [0.4, 0.5) is 0 Å². The molecular formula is C11H14O3S. The van der Waals surface area contributed by atoms with E-state index < -0.39 is 5.97 Å². The minimum atomic E-state index is -0.429. The van der Waals surface area contributed by atoms with Crippen molar-refractivity contribution < 1.29 is 14.3 Å². The minimum Gasteiger partial charge on any atom is -0.465 e. The van der Waals surface area contributed by atoms with Gasteiger partial charge in [0, 0.05) is 0 Å². The number of Topliss-reactive ketones (excluding diaryl/α,β-unsaturated/α-hetero) is 1. The van der Waals surface area contributed by atoms with Gasteiger partial charge < -0.3 is 4.74 Å². The van der Waals surface area contributed by atoms with Crippen LogP contribution < -0.4 is 0 Å². The maximum absolute atomic E-state index is 11.5. The molecule has 0 aromatic carbocycles. The van der Waals surface area contributed by atoms with Crippen molar-refractivity contribution in [1.82, 2.24) is 0 Å². The van der Waals surface area contributed by atoms with Crippen LogP contribution in [0, 0.1) is 0 Å². The van der Waals surface area contributed by atoms with E-state index in [9.17, 15) is 9.59 Å². The molecule has 4 heteroatoms. The van der Waals surface area contributed by atoms with Crippen LogP contribution >= 0.6 is 11.3 Å². The third kappa shape index (κ3) is 4.25. The summed E-state index contributed by atoms with van der Waals surface area (Å²) in [7, 11) is 0. The Morgan fingerprint density at radius 3 is 2.87 bits per heavy atom. The Kier molecular flexibility index (Phi) is 5.04. The summed E-state index contributed by atoms with van der Waals surface area (Å²) in [5, 5.41) is 1.82. The van der Waals surface area contributed by atoms with E-state index in [0.29, 0.717) is 11.5 Å². The average Bonchev–Trinajstić information content (AvgIpc) is 2.70. The lowest BCUT2D eigenvalue weighted by Crippen LogP contribution is -2.11. The molecule has 1 rings (SSSR count). The zero-order valence-electron chi connectivity index (χ0n) is 8.69. The van der Waals surface area contributed by atoms with E-state index in [2.05, 4.69) is 0 Å². The van der Waals surface area contributed by atoms with Crippen molar-refractivity contribution in [2.24, 2.45) is 0 Å². The summed E-state index contributed by atoms with van der Waals surface area (Å²) in [5.74, 6) is -0.589. The molecule has 0 spiro atoms. The van der Waals surface area contributed by atoms with E-state index in [4.69, 9.17) is 4.74 Å². The summed E-state index contributed by atoms with van der Waals surface area (Å²) in [6, 6.07) is 3.51. The van der Waals surface area contributed by atoms with Crippen molar-refractivity contribution in [3.05, 3.63) is 22.4 Å². The van der Waals surface area contributed by atoms with E-state index in [-0.39, 0.29) is 12.2 Å². The smallest absolute Gasteiger partial charge is 0.313 e. The van der Waals surface area contributed by atoms with Crippen LogP contribution in [0.5, 0.6) is 0 Å². The highest BCUT2D eigenvalue weighted by atomic mass is 32.1. The number of carbonyl (C=O) groups is 2. The van der Waals surface area contributed by atoms with Crippen LogP contribution in [0.1, 0.15) is 35.9 Å². The van der Waals surface area contributed by atoms with Crippen LogP contribution in [0.25, 0.3) is 0 Å². The lowest BCUT2D eigenvalue weighted by molar-refractivity contribution is -0.142. The van der Waals surface area contributed by atoms with Gasteiger partial charge in [0.25, 0.3) is 0 Å². The van der Waals surface area contributed by atoms with Gasteiger partial charge in [-0.1, -0.05) is 19.4 Å². The Bertz CT molecular complexity index is 317. The monoisotopic (exact) mass is 226 g/mol. The van der Waals surface area contributed by atoms with Gasteiger partial charge in [-0.25, -0.2) is 0 Å². The maximum atomic E-state index is 11.5. The lowest BCUT2D eigenvalue weighted by atomic mass is 10.2. The number of rotatable bonds is 6. The topological polar surface area (TPSA) is 43.4 Å². The molecule has 0 fully saturated rings. The second kappa shape index (κ2) is 6.35. The molecule has 0 aliphatic heterocycles. The Hall–Kier alpha value is -1.16. The second-order valence-corrected chi connectivity index (χ2v) is 4.10. The number of ketones is 1. The maximum Gasteiger partial charge on any atom is 0.313 e. The first-order valence-corrected chi connectivity index (χ1v) is 5.84.